The van der Waals surface area contributed by atoms with Crippen molar-refractivity contribution in [3.8, 4) is 0 Å². The van der Waals surface area contributed by atoms with E-state index in [9.17, 15) is 4.79 Å². The summed E-state index contributed by atoms with van der Waals surface area (Å²) in [5.41, 5.74) is 5.72. The molecule has 0 aromatic rings. The first-order valence-corrected chi connectivity index (χ1v) is 7.86. The number of halogens is 1. The highest BCUT2D eigenvalue weighted by Gasteiger charge is 2.28. The molecular formula is C13H27ClN2OS. The molecule has 0 aliphatic heterocycles. The summed E-state index contributed by atoms with van der Waals surface area (Å²) in [6.07, 6.45) is 5.85. The molecule has 1 fully saturated rings. The van der Waals surface area contributed by atoms with Crippen LogP contribution < -0.4 is 11.1 Å². The summed E-state index contributed by atoms with van der Waals surface area (Å²) in [7, 11) is 0. The second kappa shape index (κ2) is 9.93. The van der Waals surface area contributed by atoms with Crippen molar-refractivity contribution in [1.82, 2.24) is 5.32 Å². The number of nitrogens with one attached hydrogen (secondary N) is 1. The molecule has 1 saturated carbocycles. The fourth-order valence-corrected chi connectivity index (χ4v) is 3.32. The van der Waals surface area contributed by atoms with Gasteiger partial charge in [0.25, 0.3) is 0 Å². The van der Waals surface area contributed by atoms with Gasteiger partial charge in [0.1, 0.15) is 0 Å². The Labute approximate surface area is 121 Å². The molecule has 0 heterocycles. The smallest absolute Gasteiger partial charge is 0.233 e. The van der Waals surface area contributed by atoms with Crippen molar-refractivity contribution in [2.24, 2.45) is 11.7 Å². The van der Waals surface area contributed by atoms with Gasteiger partial charge < -0.3 is 11.1 Å². The minimum Gasteiger partial charge on any atom is -0.352 e. The van der Waals surface area contributed by atoms with Gasteiger partial charge in [0.15, 0.2) is 0 Å². The molecule has 3 N–H and O–H groups in total. The minimum absolute atomic E-state index is 0. The van der Waals surface area contributed by atoms with Crippen molar-refractivity contribution in [3.05, 3.63) is 0 Å². The third-order valence-corrected chi connectivity index (χ3v) is 4.76. The summed E-state index contributed by atoms with van der Waals surface area (Å²) in [6, 6.07) is 0.321. The molecular weight excluding hydrogens is 268 g/mol. The molecule has 0 spiro atoms. The molecule has 0 aromatic heterocycles. The molecule has 0 bridgehead atoms. The predicted octanol–water partition coefficient (Wildman–Crippen LogP) is 2.57. The van der Waals surface area contributed by atoms with Crippen LogP contribution in [0.25, 0.3) is 0 Å². The molecule has 0 radical (unpaired) electrons. The third kappa shape index (κ3) is 5.81. The molecule has 108 valence electrons. The van der Waals surface area contributed by atoms with Crippen LogP contribution in [0.15, 0.2) is 0 Å². The van der Waals surface area contributed by atoms with Gasteiger partial charge in [0, 0.05) is 6.04 Å². The van der Waals surface area contributed by atoms with Gasteiger partial charge in [-0.1, -0.05) is 19.8 Å². The standard InChI is InChI=1S/C13H26N2OS.ClH/c1-3-4-8-17-10(2)13(16)15-12-7-5-6-11(12)9-14;/h10-12H,3-9,14H2,1-2H3,(H,15,16);1H. The van der Waals surface area contributed by atoms with E-state index in [-0.39, 0.29) is 23.6 Å². The highest BCUT2D eigenvalue weighted by Crippen LogP contribution is 2.25. The zero-order chi connectivity index (χ0) is 12.7. The number of thioether (sulfide) groups is 1. The molecule has 1 aliphatic rings. The van der Waals surface area contributed by atoms with E-state index in [1.54, 1.807) is 11.8 Å². The van der Waals surface area contributed by atoms with Gasteiger partial charge in [0.05, 0.1) is 5.25 Å². The van der Waals surface area contributed by atoms with E-state index >= 15 is 0 Å². The number of unbranched alkanes of at least 4 members (excludes halogenated alkanes) is 1. The van der Waals surface area contributed by atoms with E-state index in [0.717, 1.165) is 12.2 Å². The molecule has 3 unspecified atom stereocenters. The van der Waals surface area contributed by atoms with Crippen LogP contribution in [0.1, 0.15) is 46.0 Å². The van der Waals surface area contributed by atoms with Crippen LogP contribution in [0, 0.1) is 5.92 Å². The number of carbonyl (C=O) groups excluding carboxylic acids is 1. The molecule has 0 aromatic carbocycles. The van der Waals surface area contributed by atoms with E-state index in [1.165, 1.54) is 25.7 Å². The monoisotopic (exact) mass is 294 g/mol. The molecule has 18 heavy (non-hydrogen) atoms. The Morgan fingerprint density at radius 2 is 2.22 bits per heavy atom. The first kappa shape index (κ1) is 18.1. The summed E-state index contributed by atoms with van der Waals surface area (Å²) in [5, 5.41) is 3.24. The lowest BCUT2D eigenvalue weighted by Crippen LogP contribution is -2.43. The highest BCUT2D eigenvalue weighted by molar-refractivity contribution is 8.00. The van der Waals surface area contributed by atoms with E-state index in [0.29, 0.717) is 18.5 Å². The number of nitrogens with two attached hydrogens (primary N) is 1. The lowest BCUT2D eigenvalue weighted by molar-refractivity contribution is -0.121. The van der Waals surface area contributed by atoms with Crippen molar-refractivity contribution in [3.63, 3.8) is 0 Å². The molecule has 5 heteroatoms. The fraction of sp³-hybridized carbons (Fsp3) is 0.923. The van der Waals surface area contributed by atoms with Crippen molar-refractivity contribution in [1.29, 1.82) is 0 Å². The molecule has 1 aliphatic carbocycles. The second-order valence-electron chi connectivity index (χ2n) is 4.91. The predicted molar refractivity (Wildman–Crippen MR) is 82.4 cm³/mol. The summed E-state index contributed by atoms with van der Waals surface area (Å²) in [6.45, 7) is 4.88. The van der Waals surface area contributed by atoms with Gasteiger partial charge in [-0.2, -0.15) is 0 Å². The Morgan fingerprint density at radius 1 is 1.50 bits per heavy atom. The van der Waals surface area contributed by atoms with E-state index in [1.807, 2.05) is 6.92 Å². The first-order chi connectivity index (χ1) is 8.19. The van der Waals surface area contributed by atoms with Crippen LogP contribution in [0.3, 0.4) is 0 Å². The van der Waals surface area contributed by atoms with Crippen LogP contribution in [-0.2, 0) is 4.79 Å². The summed E-state index contributed by atoms with van der Waals surface area (Å²) >= 11 is 1.76. The van der Waals surface area contributed by atoms with E-state index in [2.05, 4.69) is 12.2 Å². The van der Waals surface area contributed by atoms with Crippen LogP contribution in [0.2, 0.25) is 0 Å². The second-order valence-corrected chi connectivity index (χ2v) is 6.36. The average Bonchev–Trinajstić information content (AvgIpc) is 2.76. The highest BCUT2D eigenvalue weighted by atomic mass is 35.5. The van der Waals surface area contributed by atoms with Crippen LogP contribution in [0.4, 0.5) is 0 Å². The zero-order valence-corrected chi connectivity index (χ0v) is 13.1. The van der Waals surface area contributed by atoms with Crippen molar-refractivity contribution >= 4 is 30.1 Å². The lowest BCUT2D eigenvalue weighted by Gasteiger charge is -2.21. The van der Waals surface area contributed by atoms with Crippen molar-refractivity contribution < 1.29 is 4.79 Å². The molecule has 1 amide bonds. The SMILES string of the molecule is CCCCSC(C)C(=O)NC1CCCC1CN.Cl. The number of carbonyl (C=O) groups is 1. The van der Waals surface area contributed by atoms with Crippen molar-refractivity contribution in [2.45, 2.75) is 57.2 Å². The maximum atomic E-state index is 12.0. The molecule has 1 rings (SSSR count). The summed E-state index contributed by atoms with van der Waals surface area (Å²) in [4.78, 5) is 12.0. The number of hydrogen-bond acceptors (Lipinski definition) is 3. The van der Waals surface area contributed by atoms with Crippen LogP contribution >= 0.6 is 24.2 Å². The van der Waals surface area contributed by atoms with Gasteiger partial charge in [-0.3, -0.25) is 4.79 Å². The summed E-state index contributed by atoms with van der Waals surface area (Å²) < 4.78 is 0. The Bertz CT molecular complexity index is 241. The minimum atomic E-state index is 0. The summed E-state index contributed by atoms with van der Waals surface area (Å²) in [5.74, 6) is 1.76. The normalized spacial score (nSPS) is 24.4. The van der Waals surface area contributed by atoms with Gasteiger partial charge in [-0.05, 0) is 44.4 Å². The number of rotatable bonds is 7. The average molecular weight is 295 g/mol. The molecule has 0 saturated heterocycles. The fourth-order valence-electron chi connectivity index (χ4n) is 2.29. The first-order valence-electron chi connectivity index (χ1n) is 6.81. The van der Waals surface area contributed by atoms with Crippen LogP contribution in [0.5, 0.6) is 0 Å². The van der Waals surface area contributed by atoms with E-state index in [4.69, 9.17) is 5.73 Å². The zero-order valence-electron chi connectivity index (χ0n) is 11.5. The Morgan fingerprint density at radius 3 is 2.83 bits per heavy atom. The Hall–Kier alpha value is 0.0700. The van der Waals surface area contributed by atoms with Gasteiger partial charge in [0.2, 0.25) is 5.91 Å². The Balaban J connectivity index is 0.00000289. The number of amides is 1. The number of hydrogen-bond donors (Lipinski definition) is 2. The maximum Gasteiger partial charge on any atom is 0.233 e. The lowest BCUT2D eigenvalue weighted by atomic mass is 10.0. The van der Waals surface area contributed by atoms with Crippen LogP contribution in [-0.4, -0.2) is 29.5 Å². The van der Waals surface area contributed by atoms with Gasteiger partial charge in [-0.15, -0.1) is 24.2 Å². The quantitative estimate of drug-likeness (QED) is 0.710. The van der Waals surface area contributed by atoms with Gasteiger partial charge in [-0.25, -0.2) is 0 Å². The third-order valence-electron chi connectivity index (χ3n) is 3.52. The Kier molecular flexibility index (Phi) is 9.97. The topological polar surface area (TPSA) is 55.1 Å². The maximum absolute atomic E-state index is 12.0. The molecule has 3 nitrogen and oxygen atoms in total. The largest absolute Gasteiger partial charge is 0.352 e. The van der Waals surface area contributed by atoms with Gasteiger partial charge >= 0.3 is 0 Å². The van der Waals surface area contributed by atoms with Crippen molar-refractivity contribution in [2.75, 3.05) is 12.3 Å². The van der Waals surface area contributed by atoms with E-state index < -0.39 is 0 Å². The molecule has 3 atom stereocenters.